The molecule has 0 aliphatic carbocycles. The first-order valence-electron chi connectivity index (χ1n) is 6.94. The highest BCUT2D eigenvalue weighted by molar-refractivity contribution is 9.12. The smallest absolute Gasteiger partial charge is 0.349 e. The van der Waals surface area contributed by atoms with Gasteiger partial charge in [0.2, 0.25) is 5.78 Å². The van der Waals surface area contributed by atoms with E-state index in [0.717, 1.165) is 12.8 Å². The predicted octanol–water partition coefficient (Wildman–Crippen LogP) is 3.28. The van der Waals surface area contributed by atoms with Gasteiger partial charge in [-0.2, -0.15) is 0 Å². The maximum absolute atomic E-state index is 12.4. The van der Waals surface area contributed by atoms with Gasteiger partial charge in [0.15, 0.2) is 0 Å². The van der Waals surface area contributed by atoms with Crippen LogP contribution in [0, 0.1) is 0 Å². The first kappa shape index (κ1) is 17.7. The number of hydrogen-bond acceptors (Lipinski definition) is 5. The number of halogens is 1. The van der Waals surface area contributed by atoms with Crippen molar-refractivity contribution in [2.45, 2.75) is 39.5 Å². The molecule has 0 bridgehead atoms. The largest absolute Gasteiger partial charge is 0.426 e. The van der Waals surface area contributed by atoms with E-state index in [0.29, 0.717) is 28.8 Å². The van der Waals surface area contributed by atoms with E-state index < -0.39 is 5.97 Å². The summed E-state index contributed by atoms with van der Waals surface area (Å²) in [5.41, 5.74) is 3.09. The number of ether oxygens (including phenoxy) is 1. The fourth-order valence-corrected chi connectivity index (χ4v) is 2.33. The summed E-state index contributed by atoms with van der Waals surface area (Å²) in [7, 11) is 0. The molecule has 1 rings (SSSR count). The summed E-state index contributed by atoms with van der Waals surface area (Å²) >= 11 is 3.22. The number of rotatable bonds is 8. The standard InChI is InChI=1S/C15H20BrNO4/c1-4-7-10(17-20-9-6-3)12-14(18)13(16)11(8-5-2)21-15(12)19/h6,17H,3-5,7-9H2,1-2H3/b12-10+. The minimum Gasteiger partial charge on any atom is -0.426 e. The summed E-state index contributed by atoms with van der Waals surface area (Å²) in [6.45, 7) is 7.69. The van der Waals surface area contributed by atoms with Crippen molar-refractivity contribution in [1.82, 2.24) is 5.48 Å². The minimum absolute atomic E-state index is 0.00681. The molecule has 0 spiro atoms. The van der Waals surface area contributed by atoms with Gasteiger partial charge in [-0.3, -0.25) is 15.1 Å². The molecule has 0 saturated carbocycles. The Bertz CT molecular complexity index is 494. The molecule has 0 aromatic heterocycles. The van der Waals surface area contributed by atoms with Gasteiger partial charge in [0.05, 0.1) is 12.3 Å². The highest BCUT2D eigenvalue weighted by Crippen LogP contribution is 2.30. The number of nitrogens with one attached hydrogen (secondary N) is 1. The molecule has 1 aliphatic heterocycles. The first-order chi connectivity index (χ1) is 10.1. The van der Waals surface area contributed by atoms with E-state index in [9.17, 15) is 9.59 Å². The number of hydrogen-bond donors (Lipinski definition) is 1. The molecule has 0 saturated heterocycles. The van der Waals surface area contributed by atoms with Crippen LogP contribution >= 0.6 is 15.9 Å². The summed E-state index contributed by atoms with van der Waals surface area (Å²) < 4.78 is 5.56. The van der Waals surface area contributed by atoms with Gasteiger partial charge in [-0.1, -0.05) is 26.3 Å². The lowest BCUT2D eigenvalue weighted by atomic mass is 10.0. The molecule has 0 atom stereocenters. The number of carbonyl (C=O) groups is 2. The summed E-state index contributed by atoms with van der Waals surface area (Å²) in [5.74, 6) is -0.614. The number of esters is 1. The molecular weight excluding hydrogens is 338 g/mol. The van der Waals surface area contributed by atoms with Gasteiger partial charge in [-0.25, -0.2) is 4.79 Å². The number of cyclic esters (lactones) is 1. The Kier molecular flexibility index (Phi) is 7.39. The van der Waals surface area contributed by atoms with Crippen LogP contribution in [0.3, 0.4) is 0 Å². The van der Waals surface area contributed by atoms with Gasteiger partial charge < -0.3 is 4.74 Å². The van der Waals surface area contributed by atoms with Crippen LogP contribution in [-0.4, -0.2) is 18.4 Å². The van der Waals surface area contributed by atoms with E-state index in [1.54, 1.807) is 6.08 Å². The zero-order chi connectivity index (χ0) is 15.8. The predicted molar refractivity (Wildman–Crippen MR) is 83.2 cm³/mol. The second-order valence-electron chi connectivity index (χ2n) is 4.51. The van der Waals surface area contributed by atoms with Crippen molar-refractivity contribution < 1.29 is 19.2 Å². The number of allylic oxidation sites excluding steroid dienone is 3. The lowest BCUT2D eigenvalue weighted by molar-refractivity contribution is -0.138. The fourth-order valence-electron chi connectivity index (χ4n) is 1.85. The van der Waals surface area contributed by atoms with E-state index in [-0.39, 0.29) is 18.0 Å². The lowest BCUT2D eigenvalue weighted by Gasteiger charge is -2.20. The monoisotopic (exact) mass is 357 g/mol. The van der Waals surface area contributed by atoms with Gasteiger partial charge in [-0.15, -0.1) is 6.58 Å². The minimum atomic E-state index is -0.634. The highest BCUT2D eigenvalue weighted by Gasteiger charge is 2.34. The van der Waals surface area contributed by atoms with E-state index in [1.165, 1.54) is 0 Å². The molecule has 0 aromatic rings. The van der Waals surface area contributed by atoms with Gasteiger partial charge in [0.25, 0.3) is 0 Å². The number of ketones is 1. The Hall–Kier alpha value is -1.40. The van der Waals surface area contributed by atoms with E-state index >= 15 is 0 Å². The highest BCUT2D eigenvalue weighted by atomic mass is 79.9. The zero-order valence-electron chi connectivity index (χ0n) is 12.3. The summed E-state index contributed by atoms with van der Waals surface area (Å²) in [6, 6.07) is 0. The van der Waals surface area contributed by atoms with Crippen molar-refractivity contribution >= 4 is 27.7 Å². The Morgan fingerprint density at radius 1 is 1.38 bits per heavy atom. The number of carbonyl (C=O) groups excluding carboxylic acids is 2. The summed E-state index contributed by atoms with van der Waals surface area (Å²) in [4.78, 5) is 29.6. The quantitative estimate of drug-likeness (QED) is 0.180. The molecule has 0 aromatic carbocycles. The molecule has 6 heteroatoms. The molecule has 5 nitrogen and oxygen atoms in total. The maximum atomic E-state index is 12.4. The van der Waals surface area contributed by atoms with Gasteiger partial charge in [-0.05, 0) is 28.8 Å². The second kappa shape index (κ2) is 8.79. The number of hydroxylamine groups is 1. The average molecular weight is 358 g/mol. The third-order valence-corrected chi connectivity index (χ3v) is 3.57. The third kappa shape index (κ3) is 4.54. The van der Waals surface area contributed by atoms with Crippen LogP contribution in [0.2, 0.25) is 0 Å². The van der Waals surface area contributed by atoms with Crippen molar-refractivity contribution in [1.29, 1.82) is 0 Å². The van der Waals surface area contributed by atoms with Crippen LogP contribution in [0.15, 0.2) is 34.2 Å². The van der Waals surface area contributed by atoms with Crippen LogP contribution in [0.5, 0.6) is 0 Å². The number of Topliss-reactive ketones (excluding diaryl/α,β-unsaturated/α-hetero) is 1. The van der Waals surface area contributed by atoms with Crippen molar-refractivity contribution in [3.8, 4) is 0 Å². The Balaban J connectivity index is 3.11. The van der Waals surface area contributed by atoms with Crippen LogP contribution < -0.4 is 5.48 Å². The zero-order valence-corrected chi connectivity index (χ0v) is 13.9. The van der Waals surface area contributed by atoms with E-state index in [2.05, 4.69) is 28.0 Å². The molecule has 0 unspecified atom stereocenters. The topological polar surface area (TPSA) is 64.6 Å². The van der Waals surface area contributed by atoms with Crippen LogP contribution in [-0.2, 0) is 19.2 Å². The SMILES string of the molecule is C=CCON/C(CCC)=C1/C(=O)OC(CCC)=C(Br)C1=O. The third-order valence-electron chi connectivity index (χ3n) is 2.77. The first-order valence-corrected chi connectivity index (χ1v) is 7.73. The Morgan fingerprint density at radius 3 is 2.67 bits per heavy atom. The molecule has 21 heavy (non-hydrogen) atoms. The maximum Gasteiger partial charge on any atom is 0.349 e. The molecule has 0 radical (unpaired) electrons. The van der Waals surface area contributed by atoms with Crippen LogP contribution in [0.1, 0.15) is 39.5 Å². The summed E-state index contributed by atoms with van der Waals surface area (Å²) in [6.07, 6.45) is 4.16. The van der Waals surface area contributed by atoms with Crippen molar-refractivity contribution in [2.75, 3.05) is 6.61 Å². The van der Waals surface area contributed by atoms with Gasteiger partial charge in [0.1, 0.15) is 15.8 Å². The molecule has 1 heterocycles. The summed E-state index contributed by atoms with van der Waals surface area (Å²) in [5, 5.41) is 0. The van der Waals surface area contributed by atoms with E-state index in [4.69, 9.17) is 9.57 Å². The second-order valence-corrected chi connectivity index (χ2v) is 5.30. The lowest BCUT2D eigenvalue weighted by Crippen LogP contribution is -2.29. The molecular formula is C15H20BrNO4. The molecule has 1 N–H and O–H groups in total. The molecule has 1 aliphatic rings. The Morgan fingerprint density at radius 2 is 2.10 bits per heavy atom. The molecule has 0 amide bonds. The van der Waals surface area contributed by atoms with Crippen molar-refractivity contribution in [3.63, 3.8) is 0 Å². The normalized spacial score (nSPS) is 17.7. The average Bonchev–Trinajstić information content (AvgIpc) is 2.45. The van der Waals surface area contributed by atoms with E-state index in [1.807, 2.05) is 13.8 Å². The van der Waals surface area contributed by atoms with Gasteiger partial charge in [0, 0.05) is 6.42 Å². The van der Waals surface area contributed by atoms with Crippen molar-refractivity contribution in [2.24, 2.45) is 0 Å². The van der Waals surface area contributed by atoms with Crippen LogP contribution in [0.25, 0.3) is 0 Å². The molecule has 116 valence electrons. The van der Waals surface area contributed by atoms with Crippen LogP contribution in [0.4, 0.5) is 0 Å². The Labute approximate surface area is 133 Å². The van der Waals surface area contributed by atoms with Crippen molar-refractivity contribution in [3.05, 3.63) is 34.2 Å². The molecule has 0 fully saturated rings. The fraction of sp³-hybridized carbons (Fsp3) is 0.467. The van der Waals surface area contributed by atoms with Gasteiger partial charge >= 0.3 is 5.97 Å².